The summed E-state index contributed by atoms with van der Waals surface area (Å²) in [4.78, 5) is 0. The molecule has 1 rings (SSSR count). The van der Waals surface area contributed by atoms with Gasteiger partial charge in [-0.15, -0.1) is 0 Å². The third kappa shape index (κ3) is 1.88. The fourth-order valence-corrected chi connectivity index (χ4v) is 1.16. The molecule has 0 saturated carbocycles. The highest BCUT2D eigenvalue weighted by molar-refractivity contribution is 5.27. The molecule has 0 aromatic heterocycles. The van der Waals surface area contributed by atoms with Crippen LogP contribution < -0.4 is 5.73 Å². The average Bonchev–Trinajstić information content (AvgIpc) is 2.23. The number of aliphatic hydroxyl groups is 1. The van der Waals surface area contributed by atoms with Gasteiger partial charge in [0, 0.05) is 5.56 Å². The average molecular weight is 241 g/mol. The minimum absolute atomic E-state index is 1.07. The summed E-state index contributed by atoms with van der Waals surface area (Å²) in [6.07, 6.45) is -1.45. The van der Waals surface area contributed by atoms with E-state index in [0.717, 1.165) is 6.92 Å². The van der Waals surface area contributed by atoms with E-state index in [-0.39, 0.29) is 0 Å². The standard InChI is InChI=1S/C9H8F5NO/c1-2(16)9(15)3-4(10)6(12)8(14)7(13)5(3)11/h2,9,16H,15H2,1H3/t2-,9-/m1/s1. The van der Waals surface area contributed by atoms with E-state index in [2.05, 4.69) is 0 Å². The molecule has 2 atom stereocenters. The molecular formula is C9H8F5NO. The van der Waals surface area contributed by atoms with Crippen molar-refractivity contribution in [3.05, 3.63) is 34.6 Å². The van der Waals surface area contributed by atoms with Gasteiger partial charge in [0.05, 0.1) is 12.1 Å². The van der Waals surface area contributed by atoms with Gasteiger partial charge >= 0.3 is 0 Å². The van der Waals surface area contributed by atoms with E-state index >= 15 is 0 Å². The Morgan fingerprint density at radius 2 is 1.19 bits per heavy atom. The lowest BCUT2D eigenvalue weighted by Gasteiger charge is -2.17. The first-order valence-corrected chi connectivity index (χ1v) is 4.24. The molecule has 0 aliphatic rings. The maximum atomic E-state index is 13.1. The van der Waals surface area contributed by atoms with Crippen LogP contribution in [0.2, 0.25) is 0 Å². The zero-order valence-corrected chi connectivity index (χ0v) is 8.07. The van der Waals surface area contributed by atoms with Crippen LogP contribution in [0.1, 0.15) is 18.5 Å². The Labute approximate surface area is 87.5 Å². The van der Waals surface area contributed by atoms with Gasteiger partial charge in [-0.05, 0) is 6.92 Å². The predicted molar refractivity (Wildman–Crippen MR) is 44.8 cm³/mol. The van der Waals surface area contributed by atoms with Gasteiger partial charge in [0.1, 0.15) is 0 Å². The summed E-state index contributed by atoms with van der Waals surface area (Å²) in [6, 6.07) is -1.69. The Morgan fingerprint density at radius 3 is 1.50 bits per heavy atom. The van der Waals surface area contributed by atoms with Crippen LogP contribution in [0.5, 0.6) is 0 Å². The number of nitrogens with two attached hydrogens (primary N) is 1. The molecule has 16 heavy (non-hydrogen) atoms. The summed E-state index contributed by atoms with van der Waals surface area (Å²) < 4.78 is 64.3. The molecule has 0 aliphatic carbocycles. The quantitative estimate of drug-likeness (QED) is 0.471. The van der Waals surface area contributed by atoms with E-state index in [1.165, 1.54) is 0 Å². The van der Waals surface area contributed by atoms with E-state index in [9.17, 15) is 22.0 Å². The number of rotatable bonds is 2. The summed E-state index contributed by atoms with van der Waals surface area (Å²) in [6.45, 7) is 1.07. The summed E-state index contributed by atoms with van der Waals surface area (Å²) in [5.74, 6) is -10.5. The third-order valence-electron chi connectivity index (χ3n) is 2.10. The molecule has 0 spiro atoms. The van der Waals surface area contributed by atoms with Crippen molar-refractivity contribution in [1.82, 2.24) is 0 Å². The molecule has 0 amide bonds. The van der Waals surface area contributed by atoms with Crippen LogP contribution in [-0.2, 0) is 0 Å². The van der Waals surface area contributed by atoms with Crippen molar-refractivity contribution in [1.29, 1.82) is 0 Å². The van der Waals surface area contributed by atoms with Crippen molar-refractivity contribution in [2.24, 2.45) is 5.73 Å². The van der Waals surface area contributed by atoms with Crippen LogP contribution in [0.15, 0.2) is 0 Å². The molecule has 1 aromatic carbocycles. The van der Waals surface area contributed by atoms with Crippen molar-refractivity contribution in [3.63, 3.8) is 0 Å². The highest BCUT2D eigenvalue weighted by Gasteiger charge is 2.30. The highest BCUT2D eigenvalue weighted by atomic mass is 19.2. The monoisotopic (exact) mass is 241 g/mol. The van der Waals surface area contributed by atoms with Crippen molar-refractivity contribution < 1.29 is 27.1 Å². The van der Waals surface area contributed by atoms with E-state index in [1.54, 1.807) is 0 Å². The first-order chi connectivity index (χ1) is 7.29. The molecule has 0 aliphatic heterocycles. The van der Waals surface area contributed by atoms with E-state index < -0.39 is 46.8 Å². The van der Waals surface area contributed by atoms with Crippen molar-refractivity contribution in [3.8, 4) is 0 Å². The van der Waals surface area contributed by atoms with Crippen LogP contribution in [0, 0.1) is 29.1 Å². The van der Waals surface area contributed by atoms with Gasteiger partial charge in [0.2, 0.25) is 5.82 Å². The second-order valence-electron chi connectivity index (χ2n) is 3.25. The lowest BCUT2D eigenvalue weighted by atomic mass is 10.0. The lowest BCUT2D eigenvalue weighted by molar-refractivity contribution is 0.158. The summed E-state index contributed by atoms with van der Waals surface area (Å²) >= 11 is 0. The Kier molecular flexibility index (Phi) is 3.49. The molecule has 0 fully saturated rings. The Hall–Kier alpha value is -1.21. The second-order valence-corrected chi connectivity index (χ2v) is 3.25. The minimum Gasteiger partial charge on any atom is -0.391 e. The molecule has 0 unspecified atom stereocenters. The van der Waals surface area contributed by atoms with Crippen molar-refractivity contribution >= 4 is 0 Å². The van der Waals surface area contributed by atoms with E-state index in [4.69, 9.17) is 10.8 Å². The van der Waals surface area contributed by atoms with Crippen molar-refractivity contribution in [2.75, 3.05) is 0 Å². The van der Waals surface area contributed by atoms with Gasteiger partial charge in [-0.2, -0.15) is 0 Å². The lowest BCUT2D eigenvalue weighted by Crippen LogP contribution is -2.27. The molecule has 7 heteroatoms. The number of benzene rings is 1. The number of hydrogen-bond acceptors (Lipinski definition) is 2. The summed E-state index contributed by atoms with van der Waals surface area (Å²) in [5, 5.41) is 8.98. The topological polar surface area (TPSA) is 46.2 Å². The SMILES string of the molecule is C[C@@H](O)[C@@H](N)c1c(F)c(F)c(F)c(F)c1F. The maximum absolute atomic E-state index is 13.1. The summed E-state index contributed by atoms with van der Waals surface area (Å²) in [5.41, 5.74) is 3.93. The molecule has 3 N–H and O–H groups in total. The maximum Gasteiger partial charge on any atom is 0.200 e. The normalized spacial score (nSPS) is 15.0. The first-order valence-electron chi connectivity index (χ1n) is 4.24. The van der Waals surface area contributed by atoms with Crippen LogP contribution in [0.4, 0.5) is 22.0 Å². The Balaban J connectivity index is 3.51. The van der Waals surface area contributed by atoms with Gasteiger partial charge in [-0.3, -0.25) is 0 Å². The fourth-order valence-electron chi connectivity index (χ4n) is 1.16. The van der Waals surface area contributed by atoms with E-state index in [0.29, 0.717) is 0 Å². The number of halogens is 5. The second kappa shape index (κ2) is 4.34. The molecular weight excluding hydrogens is 233 g/mol. The zero-order valence-electron chi connectivity index (χ0n) is 8.07. The number of hydrogen-bond donors (Lipinski definition) is 2. The molecule has 0 radical (unpaired) electrons. The first kappa shape index (κ1) is 12.9. The van der Waals surface area contributed by atoms with Crippen LogP contribution >= 0.6 is 0 Å². The van der Waals surface area contributed by atoms with Crippen LogP contribution in [0.3, 0.4) is 0 Å². The zero-order chi connectivity index (χ0) is 12.6. The van der Waals surface area contributed by atoms with Gasteiger partial charge in [-0.25, -0.2) is 22.0 Å². The fraction of sp³-hybridized carbons (Fsp3) is 0.333. The van der Waals surface area contributed by atoms with Crippen LogP contribution in [-0.4, -0.2) is 11.2 Å². The highest BCUT2D eigenvalue weighted by Crippen LogP contribution is 2.27. The number of aliphatic hydroxyl groups excluding tert-OH is 1. The van der Waals surface area contributed by atoms with Gasteiger partial charge in [0.25, 0.3) is 0 Å². The molecule has 90 valence electrons. The van der Waals surface area contributed by atoms with Gasteiger partial charge in [0.15, 0.2) is 23.3 Å². The minimum atomic E-state index is -2.25. The molecule has 0 bridgehead atoms. The summed E-state index contributed by atoms with van der Waals surface area (Å²) in [7, 11) is 0. The predicted octanol–water partition coefficient (Wildman–Crippen LogP) is 1.76. The van der Waals surface area contributed by atoms with Gasteiger partial charge in [-0.1, -0.05) is 0 Å². The Bertz CT molecular complexity index is 392. The Morgan fingerprint density at radius 1 is 0.875 bits per heavy atom. The molecule has 1 aromatic rings. The van der Waals surface area contributed by atoms with E-state index in [1.807, 2.05) is 0 Å². The molecule has 0 heterocycles. The molecule has 2 nitrogen and oxygen atoms in total. The largest absolute Gasteiger partial charge is 0.391 e. The molecule has 0 saturated heterocycles. The van der Waals surface area contributed by atoms with Crippen LogP contribution in [0.25, 0.3) is 0 Å². The third-order valence-corrected chi connectivity index (χ3v) is 2.10. The van der Waals surface area contributed by atoms with Crippen molar-refractivity contribution in [2.45, 2.75) is 19.1 Å². The van der Waals surface area contributed by atoms with Gasteiger partial charge < -0.3 is 10.8 Å². The smallest absolute Gasteiger partial charge is 0.200 e.